The number of nitrogens with zero attached hydrogens (tertiary/aromatic N) is 3. The van der Waals surface area contributed by atoms with Gasteiger partial charge in [-0.15, -0.1) is 0 Å². The zero-order chi connectivity index (χ0) is 18.2. The highest BCUT2D eigenvalue weighted by atomic mass is 19.4. The number of rotatable bonds is 4. The van der Waals surface area contributed by atoms with E-state index < -0.39 is 12.8 Å². The molecule has 3 rings (SSSR count). The second-order valence-corrected chi connectivity index (χ2v) is 5.94. The maximum atomic E-state index is 12.5. The minimum absolute atomic E-state index is 0.0616. The third-order valence-electron chi connectivity index (χ3n) is 4.11. The van der Waals surface area contributed by atoms with E-state index in [1.807, 2.05) is 6.92 Å². The minimum Gasteiger partial charge on any atom is -0.468 e. The molecule has 2 aromatic heterocycles. The van der Waals surface area contributed by atoms with Crippen LogP contribution in [0.25, 0.3) is 0 Å². The fourth-order valence-electron chi connectivity index (χ4n) is 2.78. The molecule has 1 unspecified atom stereocenters. The van der Waals surface area contributed by atoms with Gasteiger partial charge in [0.05, 0.1) is 6.04 Å². The molecule has 132 valence electrons. The van der Waals surface area contributed by atoms with E-state index in [-0.39, 0.29) is 17.8 Å². The number of fused-ring (bicyclic) bond motifs is 1. The Hall–Kier alpha value is -2.64. The topological polar surface area (TPSA) is 55.3 Å². The summed E-state index contributed by atoms with van der Waals surface area (Å²) in [5.74, 6) is -0.159. The summed E-state index contributed by atoms with van der Waals surface area (Å²) in [4.78, 5) is 22.2. The number of hydrogen-bond donors (Lipinski definition) is 0. The first-order chi connectivity index (χ1) is 11.8. The van der Waals surface area contributed by atoms with Crippen molar-refractivity contribution in [1.29, 1.82) is 0 Å². The van der Waals surface area contributed by atoms with Gasteiger partial charge in [-0.3, -0.25) is 9.78 Å². The van der Waals surface area contributed by atoms with Gasteiger partial charge in [-0.1, -0.05) is 0 Å². The molecule has 2 aromatic rings. The molecular weight excluding hydrogens is 335 g/mol. The molecule has 0 saturated carbocycles. The third kappa shape index (κ3) is 3.57. The van der Waals surface area contributed by atoms with Gasteiger partial charge in [-0.05, 0) is 31.5 Å². The molecular formula is C17H16F3N3O2. The molecule has 5 nitrogen and oxygen atoms in total. The van der Waals surface area contributed by atoms with Crippen molar-refractivity contribution in [3.8, 4) is 5.88 Å². The summed E-state index contributed by atoms with van der Waals surface area (Å²) in [7, 11) is 0. The van der Waals surface area contributed by atoms with Gasteiger partial charge in [0, 0.05) is 41.8 Å². The van der Waals surface area contributed by atoms with Crippen LogP contribution >= 0.6 is 0 Å². The molecule has 1 aliphatic heterocycles. The molecule has 1 amide bonds. The van der Waals surface area contributed by atoms with Crippen LogP contribution in [0.5, 0.6) is 5.88 Å². The van der Waals surface area contributed by atoms with Crippen LogP contribution in [0.1, 0.15) is 40.0 Å². The number of amides is 1. The first-order valence-corrected chi connectivity index (χ1v) is 7.66. The van der Waals surface area contributed by atoms with Crippen LogP contribution in [0.2, 0.25) is 0 Å². The van der Waals surface area contributed by atoms with Gasteiger partial charge in [-0.25, -0.2) is 4.98 Å². The predicted molar refractivity (Wildman–Crippen MR) is 83.0 cm³/mol. The highest BCUT2D eigenvalue weighted by molar-refractivity contribution is 5.98. The fourth-order valence-corrected chi connectivity index (χ4v) is 2.78. The number of pyridine rings is 2. The lowest BCUT2D eigenvalue weighted by molar-refractivity contribution is -0.154. The monoisotopic (exact) mass is 351 g/mol. The van der Waals surface area contributed by atoms with Gasteiger partial charge in [0.2, 0.25) is 5.88 Å². The summed E-state index contributed by atoms with van der Waals surface area (Å²) in [6.45, 7) is 2.53. The summed E-state index contributed by atoms with van der Waals surface area (Å²) in [5, 5.41) is 0. The Labute approximate surface area is 142 Å². The standard InChI is InChI=1S/C17H16F3N3O2/c1-10-5-12(7-22-15(10)25-9-17(18,19)20)11(2)23-8-13-6-21-4-3-14(13)16(23)24/h3-7,11H,8-9H2,1-2H3. The largest absolute Gasteiger partial charge is 0.468 e. The SMILES string of the molecule is Cc1cc(C(C)N2Cc3cnccc3C2=O)cnc1OCC(F)(F)F. The second-order valence-electron chi connectivity index (χ2n) is 5.94. The lowest BCUT2D eigenvalue weighted by Gasteiger charge is -2.25. The Morgan fingerprint density at radius 3 is 2.76 bits per heavy atom. The number of hydrogen-bond acceptors (Lipinski definition) is 4. The van der Waals surface area contributed by atoms with Crippen molar-refractivity contribution in [2.45, 2.75) is 32.6 Å². The third-order valence-corrected chi connectivity index (χ3v) is 4.11. The maximum absolute atomic E-state index is 12.5. The van der Waals surface area contributed by atoms with Gasteiger partial charge in [0.15, 0.2) is 6.61 Å². The van der Waals surface area contributed by atoms with E-state index in [0.29, 0.717) is 17.7 Å². The van der Waals surface area contributed by atoms with E-state index in [1.54, 1.807) is 36.4 Å². The van der Waals surface area contributed by atoms with Crippen LogP contribution < -0.4 is 4.74 Å². The summed E-state index contributed by atoms with van der Waals surface area (Å²) in [6, 6.07) is 3.10. The molecule has 0 N–H and O–H groups in total. The second kappa shape index (κ2) is 6.34. The normalized spacial score (nSPS) is 15.2. The first kappa shape index (κ1) is 17.2. The van der Waals surface area contributed by atoms with E-state index in [1.165, 1.54) is 6.20 Å². The number of aromatic nitrogens is 2. The number of ether oxygens (including phenoxy) is 1. The quantitative estimate of drug-likeness (QED) is 0.847. The molecule has 0 fully saturated rings. The van der Waals surface area contributed by atoms with Crippen LogP contribution in [-0.2, 0) is 6.54 Å². The summed E-state index contributed by atoms with van der Waals surface area (Å²) >= 11 is 0. The molecule has 8 heteroatoms. The number of carbonyl (C=O) groups is 1. The van der Waals surface area contributed by atoms with Crippen LogP contribution in [0.4, 0.5) is 13.2 Å². The number of aryl methyl sites for hydroxylation is 1. The van der Waals surface area contributed by atoms with Crippen LogP contribution in [-0.4, -0.2) is 33.6 Å². The van der Waals surface area contributed by atoms with Crippen LogP contribution in [0.3, 0.4) is 0 Å². The fraction of sp³-hybridized carbons (Fsp3) is 0.353. The molecule has 0 spiro atoms. The minimum atomic E-state index is -4.41. The van der Waals surface area contributed by atoms with Crippen molar-refractivity contribution in [1.82, 2.24) is 14.9 Å². The lowest BCUT2D eigenvalue weighted by Crippen LogP contribution is -2.27. The average Bonchev–Trinajstić information content (AvgIpc) is 2.89. The molecule has 0 aliphatic carbocycles. The van der Waals surface area contributed by atoms with Crippen molar-refractivity contribution < 1.29 is 22.7 Å². The van der Waals surface area contributed by atoms with E-state index in [4.69, 9.17) is 4.74 Å². The van der Waals surface area contributed by atoms with E-state index in [0.717, 1.165) is 11.1 Å². The zero-order valence-electron chi connectivity index (χ0n) is 13.7. The molecule has 1 atom stereocenters. The van der Waals surface area contributed by atoms with E-state index in [9.17, 15) is 18.0 Å². The number of halogens is 3. The summed E-state index contributed by atoms with van der Waals surface area (Å²) in [6.07, 6.45) is 0.265. The molecule has 0 bridgehead atoms. The van der Waals surface area contributed by atoms with Gasteiger partial charge in [-0.2, -0.15) is 13.2 Å². The van der Waals surface area contributed by atoms with Crippen molar-refractivity contribution in [3.05, 3.63) is 53.0 Å². The molecule has 0 aromatic carbocycles. The van der Waals surface area contributed by atoms with Gasteiger partial charge in [0.25, 0.3) is 5.91 Å². The Morgan fingerprint density at radius 2 is 2.12 bits per heavy atom. The molecule has 25 heavy (non-hydrogen) atoms. The summed E-state index contributed by atoms with van der Waals surface area (Å²) in [5.41, 5.74) is 2.69. The smallest absolute Gasteiger partial charge is 0.422 e. The number of alkyl halides is 3. The summed E-state index contributed by atoms with van der Waals surface area (Å²) < 4.78 is 41.5. The van der Waals surface area contributed by atoms with Crippen molar-refractivity contribution in [2.24, 2.45) is 0 Å². The van der Waals surface area contributed by atoms with Crippen molar-refractivity contribution >= 4 is 5.91 Å². The first-order valence-electron chi connectivity index (χ1n) is 7.66. The highest BCUT2D eigenvalue weighted by Gasteiger charge is 2.32. The van der Waals surface area contributed by atoms with Crippen molar-refractivity contribution in [2.75, 3.05) is 6.61 Å². The predicted octanol–water partition coefficient (Wildman–Crippen LogP) is 3.44. The molecule has 3 heterocycles. The number of carbonyl (C=O) groups excluding carboxylic acids is 1. The van der Waals surface area contributed by atoms with E-state index in [2.05, 4.69) is 9.97 Å². The molecule has 0 saturated heterocycles. The van der Waals surface area contributed by atoms with Gasteiger partial charge in [0.1, 0.15) is 0 Å². The Balaban J connectivity index is 1.76. The zero-order valence-corrected chi connectivity index (χ0v) is 13.7. The van der Waals surface area contributed by atoms with Gasteiger partial charge >= 0.3 is 6.18 Å². The lowest BCUT2D eigenvalue weighted by atomic mass is 10.1. The van der Waals surface area contributed by atoms with Gasteiger partial charge < -0.3 is 9.64 Å². The average molecular weight is 351 g/mol. The van der Waals surface area contributed by atoms with E-state index >= 15 is 0 Å². The molecule has 1 aliphatic rings. The van der Waals surface area contributed by atoms with Crippen molar-refractivity contribution in [3.63, 3.8) is 0 Å². The Kier molecular flexibility index (Phi) is 4.36. The Bertz CT molecular complexity index is 808. The maximum Gasteiger partial charge on any atom is 0.422 e. The van der Waals surface area contributed by atoms with Crippen LogP contribution in [0.15, 0.2) is 30.7 Å². The van der Waals surface area contributed by atoms with Crippen LogP contribution in [0, 0.1) is 6.92 Å². The molecule has 0 radical (unpaired) electrons. The Morgan fingerprint density at radius 1 is 1.36 bits per heavy atom. The highest BCUT2D eigenvalue weighted by Crippen LogP contribution is 2.31.